The van der Waals surface area contributed by atoms with Gasteiger partial charge in [-0.05, 0) is 16.8 Å². The SMILES string of the molecule is O=Cc1c(OCCCF)ccc2ccccc12. The van der Waals surface area contributed by atoms with E-state index in [1.54, 1.807) is 6.07 Å². The molecule has 0 radical (unpaired) electrons. The fourth-order valence-corrected chi connectivity index (χ4v) is 1.76. The average Bonchev–Trinajstić information content (AvgIpc) is 2.38. The number of alkyl halides is 1. The summed E-state index contributed by atoms with van der Waals surface area (Å²) in [4.78, 5) is 11.1. The molecule has 2 aromatic rings. The van der Waals surface area contributed by atoms with Gasteiger partial charge in [0.05, 0.1) is 18.8 Å². The predicted octanol–water partition coefficient (Wildman–Crippen LogP) is 3.39. The van der Waals surface area contributed by atoms with Crippen molar-refractivity contribution in [1.29, 1.82) is 0 Å². The molecule has 0 aliphatic carbocycles. The zero-order valence-corrected chi connectivity index (χ0v) is 9.36. The van der Waals surface area contributed by atoms with Gasteiger partial charge >= 0.3 is 0 Å². The molecule has 0 spiro atoms. The first-order valence-electron chi connectivity index (χ1n) is 5.52. The third-order valence-electron chi connectivity index (χ3n) is 2.58. The number of rotatable bonds is 5. The van der Waals surface area contributed by atoms with Crippen molar-refractivity contribution in [3.8, 4) is 5.75 Å². The van der Waals surface area contributed by atoms with E-state index in [2.05, 4.69) is 0 Å². The second kappa shape index (κ2) is 5.43. The first-order chi connectivity index (χ1) is 8.36. The molecule has 2 rings (SSSR count). The van der Waals surface area contributed by atoms with Crippen LogP contribution in [0.5, 0.6) is 5.75 Å². The van der Waals surface area contributed by atoms with Crippen molar-refractivity contribution < 1.29 is 13.9 Å². The summed E-state index contributed by atoms with van der Waals surface area (Å²) in [6.07, 6.45) is 1.12. The van der Waals surface area contributed by atoms with Crippen molar-refractivity contribution in [1.82, 2.24) is 0 Å². The Morgan fingerprint density at radius 1 is 1.18 bits per heavy atom. The molecule has 0 fully saturated rings. The molecule has 3 heteroatoms. The van der Waals surface area contributed by atoms with E-state index in [-0.39, 0.29) is 6.61 Å². The van der Waals surface area contributed by atoms with E-state index in [4.69, 9.17) is 4.74 Å². The minimum Gasteiger partial charge on any atom is -0.493 e. The molecule has 0 saturated heterocycles. The molecule has 0 bridgehead atoms. The summed E-state index contributed by atoms with van der Waals surface area (Å²) >= 11 is 0. The number of ether oxygens (including phenoxy) is 1. The Labute approximate surface area is 99.0 Å². The number of halogens is 1. The van der Waals surface area contributed by atoms with Crippen LogP contribution in [0.25, 0.3) is 10.8 Å². The van der Waals surface area contributed by atoms with Crippen molar-refractivity contribution >= 4 is 17.1 Å². The topological polar surface area (TPSA) is 26.3 Å². The van der Waals surface area contributed by atoms with Crippen LogP contribution in [0, 0.1) is 0 Å². The van der Waals surface area contributed by atoms with Gasteiger partial charge in [0.15, 0.2) is 6.29 Å². The van der Waals surface area contributed by atoms with Crippen LogP contribution in [0.4, 0.5) is 4.39 Å². The molecule has 0 saturated carbocycles. The highest BCUT2D eigenvalue weighted by atomic mass is 19.1. The lowest BCUT2D eigenvalue weighted by molar-refractivity contribution is 0.112. The smallest absolute Gasteiger partial charge is 0.154 e. The number of benzene rings is 2. The van der Waals surface area contributed by atoms with Crippen molar-refractivity contribution in [3.05, 3.63) is 42.0 Å². The Balaban J connectivity index is 2.39. The van der Waals surface area contributed by atoms with E-state index < -0.39 is 6.67 Å². The highest BCUT2D eigenvalue weighted by molar-refractivity contribution is 6.00. The molecule has 88 valence electrons. The number of hydrogen-bond acceptors (Lipinski definition) is 2. The van der Waals surface area contributed by atoms with Crippen LogP contribution in [0.15, 0.2) is 36.4 Å². The zero-order valence-electron chi connectivity index (χ0n) is 9.36. The van der Waals surface area contributed by atoms with Crippen LogP contribution in [-0.4, -0.2) is 19.6 Å². The summed E-state index contributed by atoms with van der Waals surface area (Å²) in [7, 11) is 0. The van der Waals surface area contributed by atoms with Gasteiger partial charge in [-0.2, -0.15) is 0 Å². The highest BCUT2D eigenvalue weighted by Crippen LogP contribution is 2.26. The molecule has 0 N–H and O–H groups in total. The van der Waals surface area contributed by atoms with Crippen molar-refractivity contribution in [2.24, 2.45) is 0 Å². The van der Waals surface area contributed by atoms with Gasteiger partial charge in [0.25, 0.3) is 0 Å². The van der Waals surface area contributed by atoms with Gasteiger partial charge in [0.2, 0.25) is 0 Å². The van der Waals surface area contributed by atoms with Gasteiger partial charge in [0, 0.05) is 6.42 Å². The molecular formula is C14H13FO2. The molecule has 0 unspecified atom stereocenters. The average molecular weight is 232 g/mol. The van der Waals surface area contributed by atoms with E-state index in [1.165, 1.54) is 0 Å². The van der Waals surface area contributed by atoms with Gasteiger partial charge in [-0.1, -0.05) is 30.3 Å². The number of aldehydes is 1. The lowest BCUT2D eigenvalue weighted by Crippen LogP contribution is -2.01. The maximum atomic E-state index is 12.0. The molecule has 0 amide bonds. The Morgan fingerprint density at radius 2 is 2.00 bits per heavy atom. The normalized spacial score (nSPS) is 10.4. The van der Waals surface area contributed by atoms with Crippen LogP contribution in [0.1, 0.15) is 16.8 Å². The quantitative estimate of drug-likeness (QED) is 0.583. The molecule has 0 heterocycles. The molecule has 0 aliphatic rings. The monoisotopic (exact) mass is 232 g/mol. The lowest BCUT2D eigenvalue weighted by Gasteiger charge is -2.09. The third kappa shape index (κ3) is 2.44. The molecular weight excluding hydrogens is 219 g/mol. The Bertz CT molecular complexity index is 523. The molecule has 0 atom stereocenters. The largest absolute Gasteiger partial charge is 0.493 e. The molecule has 2 nitrogen and oxygen atoms in total. The van der Waals surface area contributed by atoms with E-state index >= 15 is 0 Å². The lowest BCUT2D eigenvalue weighted by atomic mass is 10.0. The number of carbonyl (C=O) groups excluding carboxylic acids is 1. The minimum absolute atomic E-state index is 0.287. The Hall–Kier alpha value is -1.90. The van der Waals surface area contributed by atoms with Gasteiger partial charge in [-0.15, -0.1) is 0 Å². The third-order valence-corrected chi connectivity index (χ3v) is 2.58. The van der Waals surface area contributed by atoms with E-state index in [1.807, 2.05) is 30.3 Å². The van der Waals surface area contributed by atoms with Crippen molar-refractivity contribution in [2.45, 2.75) is 6.42 Å². The van der Waals surface area contributed by atoms with Crippen molar-refractivity contribution in [3.63, 3.8) is 0 Å². The Kier molecular flexibility index (Phi) is 3.70. The number of fused-ring (bicyclic) bond motifs is 1. The molecule has 2 aromatic carbocycles. The Morgan fingerprint density at radius 3 is 2.76 bits per heavy atom. The number of hydrogen-bond donors (Lipinski definition) is 0. The van der Waals surface area contributed by atoms with Gasteiger partial charge in [-0.3, -0.25) is 9.18 Å². The first-order valence-corrected chi connectivity index (χ1v) is 5.52. The van der Waals surface area contributed by atoms with E-state index in [0.29, 0.717) is 17.7 Å². The van der Waals surface area contributed by atoms with Crippen molar-refractivity contribution in [2.75, 3.05) is 13.3 Å². The second-order valence-electron chi connectivity index (χ2n) is 3.71. The van der Waals surface area contributed by atoms with E-state index in [9.17, 15) is 9.18 Å². The summed E-state index contributed by atoms with van der Waals surface area (Å²) in [5.74, 6) is 0.521. The standard InChI is InChI=1S/C14H13FO2/c15-8-3-9-17-14-7-6-11-4-1-2-5-12(11)13(14)10-16/h1-2,4-7,10H,3,8-9H2. The summed E-state index contributed by atoms with van der Waals surface area (Å²) in [5.41, 5.74) is 0.530. The number of carbonyl (C=O) groups is 1. The van der Waals surface area contributed by atoms with Crippen LogP contribution < -0.4 is 4.74 Å². The highest BCUT2D eigenvalue weighted by Gasteiger charge is 2.07. The summed E-state index contributed by atoms with van der Waals surface area (Å²) in [6.45, 7) is -0.125. The summed E-state index contributed by atoms with van der Waals surface area (Å²) in [5, 5.41) is 1.85. The van der Waals surface area contributed by atoms with Gasteiger partial charge < -0.3 is 4.74 Å². The fraction of sp³-hybridized carbons (Fsp3) is 0.214. The maximum Gasteiger partial charge on any atom is 0.154 e. The first kappa shape index (κ1) is 11.6. The van der Waals surface area contributed by atoms with Gasteiger partial charge in [0.1, 0.15) is 5.75 Å². The summed E-state index contributed by atoms with van der Waals surface area (Å²) < 4.78 is 17.4. The minimum atomic E-state index is -0.413. The molecule has 0 aliphatic heterocycles. The maximum absolute atomic E-state index is 12.0. The van der Waals surface area contributed by atoms with Crippen LogP contribution in [0.2, 0.25) is 0 Å². The van der Waals surface area contributed by atoms with E-state index in [0.717, 1.165) is 17.1 Å². The molecule has 17 heavy (non-hydrogen) atoms. The second-order valence-corrected chi connectivity index (χ2v) is 3.71. The van der Waals surface area contributed by atoms with Crippen LogP contribution in [0.3, 0.4) is 0 Å². The predicted molar refractivity (Wildman–Crippen MR) is 65.4 cm³/mol. The fourth-order valence-electron chi connectivity index (χ4n) is 1.76. The van der Waals surface area contributed by atoms with Crippen LogP contribution in [-0.2, 0) is 0 Å². The summed E-state index contributed by atoms with van der Waals surface area (Å²) in [6, 6.07) is 11.3. The van der Waals surface area contributed by atoms with Crippen LogP contribution >= 0.6 is 0 Å². The zero-order chi connectivity index (χ0) is 12.1. The molecule has 0 aromatic heterocycles. The van der Waals surface area contributed by atoms with Gasteiger partial charge in [-0.25, -0.2) is 0 Å².